The molecular formula is C17H29N5S. The predicted octanol–water partition coefficient (Wildman–Crippen LogP) is 2.52. The van der Waals surface area contributed by atoms with Crippen LogP contribution >= 0.6 is 11.3 Å². The van der Waals surface area contributed by atoms with Crippen molar-refractivity contribution in [3.8, 4) is 0 Å². The van der Waals surface area contributed by atoms with Gasteiger partial charge in [-0.15, -0.1) is 11.3 Å². The fourth-order valence-corrected chi connectivity index (χ4v) is 4.37. The fourth-order valence-electron chi connectivity index (χ4n) is 3.65. The molecule has 1 atom stereocenters. The Labute approximate surface area is 143 Å². The van der Waals surface area contributed by atoms with Crippen LogP contribution in [0.4, 0.5) is 0 Å². The molecule has 6 heteroatoms. The van der Waals surface area contributed by atoms with Crippen molar-refractivity contribution < 1.29 is 0 Å². The van der Waals surface area contributed by atoms with Gasteiger partial charge in [-0.25, -0.2) is 9.98 Å². The maximum Gasteiger partial charge on any atom is 0.191 e. The first-order valence-corrected chi connectivity index (χ1v) is 9.76. The highest BCUT2D eigenvalue weighted by molar-refractivity contribution is 7.11. The summed E-state index contributed by atoms with van der Waals surface area (Å²) in [5.41, 5.74) is 0. The van der Waals surface area contributed by atoms with Crippen molar-refractivity contribution in [2.75, 3.05) is 19.6 Å². The minimum absolute atomic E-state index is 0.525. The zero-order valence-corrected chi connectivity index (χ0v) is 15.2. The average Bonchev–Trinajstić information content (AvgIpc) is 3.26. The van der Waals surface area contributed by atoms with Gasteiger partial charge in [-0.3, -0.25) is 4.90 Å². The summed E-state index contributed by atoms with van der Waals surface area (Å²) in [5, 5.41) is 8.11. The summed E-state index contributed by atoms with van der Waals surface area (Å²) in [5.74, 6) is 0.942. The van der Waals surface area contributed by atoms with E-state index in [4.69, 9.17) is 4.99 Å². The summed E-state index contributed by atoms with van der Waals surface area (Å²) in [6.45, 7) is 8.15. The van der Waals surface area contributed by atoms with Crippen LogP contribution in [0.15, 0.2) is 11.2 Å². The molecule has 2 N–H and O–H groups in total. The summed E-state index contributed by atoms with van der Waals surface area (Å²) >= 11 is 1.73. The highest BCUT2D eigenvalue weighted by Crippen LogP contribution is 2.26. The van der Waals surface area contributed by atoms with Crippen LogP contribution in [0.5, 0.6) is 0 Å². The van der Waals surface area contributed by atoms with E-state index in [9.17, 15) is 0 Å². The Morgan fingerprint density at radius 2 is 2.22 bits per heavy atom. The van der Waals surface area contributed by atoms with Crippen LogP contribution in [0.25, 0.3) is 0 Å². The van der Waals surface area contributed by atoms with Crippen LogP contribution in [0.1, 0.15) is 48.9 Å². The Morgan fingerprint density at radius 3 is 2.91 bits per heavy atom. The predicted molar refractivity (Wildman–Crippen MR) is 97.0 cm³/mol. The maximum absolute atomic E-state index is 4.73. The summed E-state index contributed by atoms with van der Waals surface area (Å²) < 4.78 is 0. The largest absolute Gasteiger partial charge is 0.357 e. The SMILES string of the molecule is CCNC(=NCc1cnc(C)s1)NC1CCN(C2CCCC2)C1. The minimum atomic E-state index is 0.525. The molecule has 23 heavy (non-hydrogen) atoms. The van der Waals surface area contributed by atoms with Gasteiger partial charge in [0.25, 0.3) is 0 Å². The van der Waals surface area contributed by atoms with Crippen LogP contribution < -0.4 is 10.6 Å². The quantitative estimate of drug-likeness (QED) is 0.641. The molecule has 1 aromatic rings. The molecule has 5 nitrogen and oxygen atoms in total. The molecule has 1 aliphatic heterocycles. The van der Waals surface area contributed by atoms with Crippen LogP contribution in [-0.2, 0) is 6.54 Å². The molecule has 0 spiro atoms. The standard InChI is InChI=1S/C17H29N5S/c1-3-18-17(20-11-16-10-19-13(2)23-16)21-14-8-9-22(12-14)15-6-4-5-7-15/h10,14-15H,3-9,11-12H2,1-2H3,(H2,18,20,21). The molecule has 1 aliphatic carbocycles. The van der Waals surface area contributed by atoms with Gasteiger partial charge in [-0.2, -0.15) is 0 Å². The van der Waals surface area contributed by atoms with E-state index in [1.165, 1.54) is 43.5 Å². The number of thiazole rings is 1. The molecule has 0 bridgehead atoms. The number of hydrogen-bond acceptors (Lipinski definition) is 4. The van der Waals surface area contributed by atoms with Crippen LogP contribution in [-0.4, -0.2) is 47.6 Å². The summed E-state index contributed by atoms with van der Waals surface area (Å²) in [7, 11) is 0. The van der Waals surface area contributed by atoms with Crippen LogP contribution in [0, 0.1) is 6.92 Å². The van der Waals surface area contributed by atoms with Crippen molar-refractivity contribution in [2.24, 2.45) is 4.99 Å². The molecule has 0 radical (unpaired) electrons. The minimum Gasteiger partial charge on any atom is -0.357 e. The number of likely N-dealkylation sites (tertiary alicyclic amines) is 1. The highest BCUT2D eigenvalue weighted by Gasteiger charge is 2.30. The number of nitrogens with zero attached hydrogens (tertiary/aromatic N) is 3. The van der Waals surface area contributed by atoms with E-state index in [0.717, 1.165) is 30.1 Å². The van der Waals surface area contributed by atoms with E-state index in [1.54, 1.807) is 11.3 Å². The lowest BCUT2D eigenvalue weighted by Gasteiger charge is -2.24. The first kappa shape index (κ1) is 16.7. The van der Waals surface area contributed by atoms with Gasteiger partial charge in [0, 0.05) is 42.8 Å². The molecule has 128 valence electrons. The van der Waals surface area contributed by atoms with Crippen LogP contribution in [0.3, 0.4) is 0 Å². The fraction of sp³-hybridized carbons (Fsp3) is 0.765. The lowest BCUT2D eigenvalue weighted by atomic mass is 10.2. The number of nitrogens with one attached hydrogen (secondary N) is 2. The van der Waals surface area contributed by atoms with E-state index in [2.05, 4.69) is 27.4 Å². The zero-order valence-electron chi connectivity index (χ0n) is 14.3. The Hall–Kier alpha value is -1.14. The smallest absolute Gasteiger partial charge is 0.191 e. The number of aryl methyl sites for hydroxylation is 1. The van der Waals surface area contributed by atoms with E-state index in [1.807, 2.05) is 13.1 Å². The van der Waals surface area contributed by atoms with Crippen molar-refractivity contribution in [2.45, 2.75) is 64.6 Å². The van der Waals surface area contributed by atoms with Crippen molar-refractivity contribution >= 4 is 17.3 Å². The number of aromatic nitrogens is 1. The van der Waals surface area contributed by atoms with E-state index in [0.29, 0.717) is 12.6 Å². The van der Waals surface area contributed by atoms with Gasteiger partial charge in [-0.1, -0.05) is 12.8 Å². The molecule has 1 saturated carbocycles. The van der Waals surface area contributed by atoms with Gasteiger partial charge < -0.3 is 10.6 Å². The van der Waals surface area contributed by atoms with Crippen molar-refractivity contribution in [1.82, 2.24) is 20.5 Å². The zero-order chi connectivity index (χ0) is 16.1. The number of hydrogen-bond donors (Lipinski definition) is 2. The summed E-state index contributed by atoms with van der Waals surface area (Å²) in [4.78, 5) is 12.9. The van der Waals surface area contributed by atoms with Crippen molar-refractivity contribution in [1.29, 1.82) is 0 Å². The van der Waals surface area contributed by atoms with E-state index >= 15 is 0 Å². The number of aliphatic imine (C=N–C) groups is 1. The Morgan fingerprint density at radius 1 is 1.39 bits per heavy atom. The second kappa shape index (κ2) is 8.11. The van der Waals surface area contributed by atoms with Gasteiger partial charge in [-0.05, 0) is 33.1 Å². The molecule has 2 fully saturated rings. The molecule has 1 unspecified atom stereocenters. The van der Waals surface area contributed by atoms with Gasteiger partial charge in [0.1, 0.15) is 0 Å². The third-order valence-electron chi connectivity index (χ3n) is 4.81. The van der Waals surface area contributed by atoms with E-state index in [-0.39, 0.29) is 0 Å². The lowest BCUT2D eigenvalue weighted by molar-refractivity contribution is 0.242. The molecule has 3 rings (SSSR count). The topological polar surface area (TPSA) is 52.6 Å². The van der Waals surface area contributed by atoms with Crippen LogP contribution in [0.2, 0.25) is 0 Å². The van der Waals surface area contributed by atoms with Crippen molar-refractivity contribution in [3.05, 3.63) is 16.1 Å². The van der Waals surface area contributed by atoms with Gasteiger partial charge in [0.15, 0.2) is 5.96 Å². The van der Waals surface area contributed by atoms with Crippen molar-refractivity contribution in [3.63, 3.8) is 0 Å². The molecule has 2 aliphatic rings. The van der Waals surface area contributed by atoms with E-state index < -0.39 is 0 Å². The second-order valence-electron chi connectivity index (χ2n) is 6.60. The third-order valence-corrected chi connectivity index (χ3v) is 5.71. The molecule has 1 aromatic heterocycles. The maximum atomic E-state index is 4.73. The Kier molecular flexibility index (Phi) is 5.89. The first-order chi connectivity index (χ1) is 11.2. The Bertz CT molecular complexity index is 521. The lowest BCUT2D eigenvalue weighted by Crippen LogP contribution is -2.45. The number of guanidine groups is 1. The Balaban J connectivity index is 1.52. The molecule has 0 amide bonds. The monoisotopic (exact) mass is 335 g/mol. The molecule has 1 saturated heterocycles. The number of rotatable bonds is 5. The normalized spacial score (nSPS) is 23.6. The molecule has 0 aromatic carbocycles. The summed E-state index contributed by atoms with van der Waals surface area (Å²) in [6, 6.07) is 1.36. The summed E-state index contributed by atoms with van der Waals surface area (Å²) in [6.07, 6.45) is 8.78. The first-order valence-electron chi connectivity index (χ1n) is 8.95. The highest BCUT2D eigenvalue weighted by atomic mass is 32.1. The second-order valence-corrected chi connectivity index (χ2v) is 7.92. The molecule has 2 heterocycles. The van der Waals surface area contributed by atoms with Gasteiger partial charge in [0.05, 0.1) is 11.6 Å². The van der Waals surface area contributed by atoms with Gasteiger partial charge in [0.2, 0.25) is 0 Å². The third kappa shape index (κ3) is 4.67. The average molecular weight is 336 g/mol. The molecular weight excluding hydrogens is 306 g/mol. The van der Waals surface area contributed by atoms with Gasteiger partial charge >= 0.3 is 0 Å².